The van der Waals surface area contributed by atoms with Crippen LogP contribution in [0, 0.1) is 11.3 Å². The summed E-state index contributed by atoms with van der Waals surface area (Å²) in [4.78, 5) is 10.1. The molecule has 1 N–H and O–H groups in total. The van der Waals surface area contributed by atoms with E-state index >= 15 is 0 Å². The van der Waals surface area contributed by atoms with Crippen LogP contribution in [0.5, 0.6) is 0 Å². The van der Waals surface area contributed by atoms with Gasteiger partial charge in [-0.3, -0.25) is 4.90 Å². The number of ether oxygens (including phenoxy) is 1. The standard InChI is InChI=1S/C25H37N5O/c26-17-22-21-11-12-30(20-9-5-2-6-10-20)18-23(21)24(27-19-7-3-1-4-8-19)28-25(22)29-13-15-31-16-14-29/h19-20H,1-16,18H2,(H,27,28). The number of nitriles is 1. The second kappa shape index (κ2) is 9.75. The molecule has 0 aromatic carbocycles. The number of anilines is 2. The Morgan fingerprint density at radius 1 is 0.903 bits per heavy atom. The number of nitrogens with zero attached hydrogens (tertiary/aromatic N) is 4. The van der Waals surface area contributed by atoms with Gasteiger partial charge in [0, 0.05) is 43.8 Å². The Morgan fingerprint density at radius 3 is 2.32 bits per heavy atom. The van der Waals surface area contributed by atoms with E-state index in [0.29, 0.717) is 25.3 Å². The van der Waals surface area contributed by atoms with E-state index in [1.165, 1.54) is 75.3 Å². The first-order valence-corrected chi connectivity index (χ1v) is 12.6. The maximum atomic E-state index is 10.2. The number of morpholine rings is 1. The van der Waals surface area contributed by atoms with Crippen LogP contribution in [0.15, 0.2) is 0 Å². The molecule has 0 atom stereocenters. The van der Waals surface area contributed by atoms with E-state index in [1.54, 1.807) is 0 Å². The third-order valence-corrected chi connectivity index (χ3v) is 7.86. The molecule has 31 heavy (non-hydrogen) atoms. The molecule has 0 bridgehead atoms. The normalized spacial score (nSPS) is 23.9. The van der Waals surface area contributed by atoms with E-state index in [4.69, 9.17) is 9.72 Å². The van der Waals surface area contributed by atoms with Gasteiger partial charge < -0.3 is 15.0 Å². The molecule has 0 spiro atoms. The van der Waals surface area contributed by atoms with Crippen molar-refractivity contribution in [2.24, 2.45) is 0 Å². The van der Waals surface area contributed by atoms with E-state index < -0.39 is 0 Å². The molecule has 3 heterocycles. The van der Waals surface area contributed by atoms with E-state index in [9.17, 15) is 5.26 Å². The van der Waals surface area contributed by atoms with Crippen LogP contribution in [-0.2, 0) is 17.7 Å². The smallest absolute Gasteiger partial charge is 0.149 e. The Bertz CT molecular complexity index is 801. The molecule has 1 saturated heterocycles. The lowest BCUT2D eigenvalue weighted by Crippen LogP contribution is -2.42. The van der Waals surface area contributed by atoms with E-state index in [2.05, 4.69) is 21.2 Å². The highest BCUT2D eigenvalue weighted by molar-refractivity contribution is 5.67. The first kappa shape index (κ1) is 21.0. The van der Waals surface area contributed by atoms with Gasteiger partial charge in [-0.25, -0.2) is 4.98 Å². The molecule has 2 saturated carbocycles. The molecular weight excluding hydrogens is 386 g/mol. The maximum absolute atomic E-state index is 10.2. The number of pyridine rings is 1. The summed E-state index contributed by atoms with van der Waals surface area (Å²) in [5, 5.41) is 14.0. The summed E-state index contributed by atoms with van der Waals surface area (Å²) in [5.41, 5.74) is 3.37. The van der Waals surface area contributed by atoms with Crippen LogP contribution in [0.1, 0.15) is 80.9 Å². The van der Waals surface area contributed by atoms with Gasteiger partial charge in [0.2, 0.25) is 0 Å². The quantitative estimate of drug-likeness (QED) is 0.782. The van der Waals surface area contributed by atoms with Gasteiger partial charge in [-0.2, -0.15) is 5.26 Å². The van der Waals surface area contributed by atoms with Crippen molar-refractivity contribution in [3.63, 3.8) is 0 Å². The SMILES string of the molecule is N#Cc1c(N2CCOCC2)nc(NC2CCCCC2)c2c1CCN(C1CCCCC1)C2. The molecule has 0 radical (unpaired) electrons. The highest BCUT2D eigenvalue weighted by Crippen LogP contribution is 2.37. The van der Waals surface area contributed by atoms with Crippen molar-refractivity contribution in [1.82, 2.24) is 9.88 Å². The summed E-state index contributed by atoms with van der Waals surface area (Å²) in [6.45, 7) is 5.08. The minimum atomic E-state index is 0.515. The first-order valence-electron chi connectivity index (χ1n) is 12.6. The van der Waals surface area contributed by atoms with Gasteiger partial charge in [0.05, 0.1) is 18.8 Å². The Balaban J connectivity index is 1.49. The molecule has 5 rings (SSSR count). The van der Waals surface area contributed by atoms with Crippen molar-refractivity contribution in [3.05, 3.63) is 16.7 Å². The summed E-state index contributed by atoms with van der Waals surface area (Å²) in [7, 11) is 0. The molecule has 3 fully saturated rings. The lowest BCUT2D eigenvalue weighted by Gasteiger charge is -2.39. The number of aromatic nitrogens is 1. The van der Waals surface area contributed by atoms with Gasteiger partial charge in [-0.15, -0.1) is 0 Å². The minimum Gasteiger partial charge on any atom is -0.378 e. The van der Waals surface area contributed by atoms with E-state index in [0.717, 1.165) is 49.8 Å². The van der Waals surface area contributed by atoms with Gasteiger partial charge in [0.15, 0.2) is 0 Å². The van der Waals surface area contributed by atoms with Crippen molar-refractivity contribution < 1.29 is 4.74 Å². The second-order valence-corrected chi connectivity index (χ2v) is 9.82. The predicted molar refractivity (Wildman–Crippen MR) is 123 cm³/mol. The highest BCUT2D eigenvalue weighted by Gasteiger charge is 2.32. The second-order valence-electron chi connectivity index (χ2n) is 9.82. The number of nitrogens with one attached hydrogen (secondary N) is 1. The fourth-order valence-corrected chi connectivity index (χ4v) is 6.08. The van der Waals surface area contributed by atoms with Crippen LogP contribution in [0.2, 0.25) is 0 Å². The van der Waals surface area contributed by atoms with Crippen LogP contribution in [0.3, 0.4) is 0 Å². The molecule has 1 aromatic rings. The Hall–Kier alpha value is -1.84. The zero-order chi connectivity index (χ0) is 21.0. The Morgan fingerprint density at radius 2 is 1.61 bits per heavy atom. The predicted octanol–water partition coefficient (Wildman–Crippen LogP) is 4.23. The molecule has 168 valence electrons. The summed E-state index contributed by atoms with van der Waals surface area (Å²) >= 11 is 0. The summed E-state index contributed by atoms with van der Waals surface area (Å²) in [5.74, 6) is 1.94. The average Bonchev–Trinajstić information content (AvgIpc) is 2.85. The summed E-state index contributed by atoms with van der Waals surface area (Å²) in [6, 6.07) is 3.77. The topological polar surface area (TPSA) is 64.4 Å². The molecule has 1 aromatic heterocycles. The highest BCUT2D eigenvalue weighted by atomic mass is 16.5. The number of hydrogen-bond acceptors (Lipinski definition) is 6. The molecule has 2 aliphatic carbocycles. The zero-order valence-electron chi connectivity index (χ0n) is 18.9. The fourth-order valence-electron chi connectivity index (χ4n) is 6.08. The lowest BCUT2D eigenvalue weighted by atomic mass is 9.89. The molecule has 6 heteroatoms. The first-order chi connectivity index (χ1) is 15.3. The molecule has 6 nitrogen and oxygen atoms in total. The van der Waals surface area contributed by atoms with Gasteiger partial charge in [-0.1, -0.05) is 38.5 Å². The average molecular weight is 424 g/mol. The zero-order valence-corrected chi connectivity index (χ0v) is 18.9. The van der Waals surface area contributed by atoms with Gasteiger partial charge >= 0.3 is 0 Å². The van der Waals surface area contributed by atoms with Crippen molar-refractivity contribution in [2.45, 2.75) is 89.3 Å². The van der Waals surface area contributed by atoms with Crippen LogP contribution >= 0.6 is 0 Å². The summed E-state index contributed by atoms with van der Waals surface area (Å²) in [6.07, 6.45) is 14.2. The molecule has 2 aliphatic heterocycles. The fraction of sp³-hybridized carbons (Fsp3) is 0.760. The van der Waals surface area contributed by atoms with Crippen molar-refractivity contribution in [3.8, 4) is 6.07 Å². The van der Waals surface area contributed by atoms with Crippen LogP contribution < -0.4 is 10.2 Å². The summed E-state index contributed by atoms with van der Waals surface area (Å²) < 4.78 is 5.57. The third kappa shape index (κ3) is 4.54. The van der Waals surface area contributed by atoms with Gasteiger partial charge in [-0.05, 0) is 37.7 Å². The van der Waals surface area contributed by atoms with E-state index in [-0.39, 0.29) is 0 Å². The van der Waals surface area contributed by atoms with Crippen molar-refractivity contribution in [2.75, 3.05) is 43.1 Å². The molecule has 0 unspecified atom stereocenters. The van der Waals surface area contributed by atoms with Crippen molar-refractivity contribution in [1.29, 1.82) is 5.26 Å². The number of fused-ring (bicyclic) bond motifs is 1. The lowest BCUT2D eigenvalue weighted by molar-refractivity contribution is 0.122. The molecule has 4 aliphatic rings. The number of hydrogen-bond donors (Lipinski definition) is 1. The van der Waals surface area contributed by atoms with Crippen LogP contribution in [-0.4, -0.2) is 54.8 Å². The van der Waals surface area contributed by atoms with Crippen molar-refractivity contribution >= 4 is 11.6 Å². The van der Waals surface area contributed by atoms with Crippen LogP contribution in [0.25, 0.3) is 0 Å². The Labute approximate surface area is 187 Å². The Kier molecular flexibility index (Phi) is 6.61. The van der Waals surface area contributed by atoms with Gasteiger partial charge in [0.1, 0.15) is 17.7 Å². The monoisotopic (exact) mass is 423 g/mol. The maximum Gasteiger partial charge on any atom is 0.149 e. The number of rotatable bonds is 4. The third-order valence-electron chi connectivity index (χ3n) is 7.86. The molecule has 0 amide bonds. The van der Waals surface area contributed by atoms with Crippen LogP contribution in [0.4, 0.5) is 11.6 Å². The van der Waals surface area contributed by atoms with E-state index in [1.807, 2.05) is 0 Å². The minimum absolute atomic E-state index is 0.515. The largest absolute Gasteiger partial charge is 0.378 e. The molecular formula is C25H37N5O. The van der Waals surface area contributed by atoms with Gasteiger partial charge in [0.25, 0.3) is 0 Å².